The van der Waals surface area contributed by atoms with Crippen LogP contribution in [0.5, 0.6) is 0 Å². The number of hydrogen-bond donors (Lipinski definition) is 2. The van der Waals surface area contributed by atoms with Gasteiger partial charge in [-0.15, -0.1) is 0 Å². The van der Waals surface area contributed by atoms with Gasteiger partial charge in [0.2, 0.25) is 0 Å². The van der Waals surface area contributed by atoms with Crippen LogP contribution in [0, 0.1) is 5.92 Å². The molecule has 0 amide bonds. The highest BCUT2D eigenvalue weighted by Gasteiger charge is 2.26. The molecule has 0 aliphatic carbocycles. The third-order valence-electron chi connectivity index (χ3n) is 3.54. The van der Waals surface area contributed by atoms with E-state index in [1.807, 2.05) is 0 Å². The van der Waals surface area contributed by atoms with E-state index in [9.17, 15) is 13.2 Å². The number of carboxylic acids is 1. The third kappa shape index (κ3) is 3.87. The summed E-state index contributed by atoms with van der Waals surface area (Å²) in [7, 11) is -3.66. The van der Waals surface area contributed by atoms with E-state index in [4.69, 9.17) is 16.7 Å². The van der Waals surface area contributed by atoms with Gasteiger partial charge >= 0.3 is 16.2 Å². The Balaban J connectivity index is 2.15. The number of hydrogen-bond acceptors (Lipinski definition) is 3. The van der Waals surface area contributed by atoms with Crippen molar-refractivity contribution in [1.29, 1.82) is 0 Å². The maximum Gasteiger partial charge on any atom is 0.335 e. The van der Waals surface area contributed by atoms with Gasteiger partial charge in [-0.25, -0.2) is 4.79 Å². The highest BCUT2D eigenvalue weighted by atomic mass is 35.5. The standard InChI is InChI=1S/C13H17ClN2O4S/c1-9-4-6-16(7-5-9)21(19,20)15-12-3-2-10(13(17)18)8-11(12)14/h2-3,8-9,15H,4-7H2,1H3,(H,17,18). The zero-order valence-corrected chi connectivity index (χ0v) is 13.1. The number of anilines is 1. The molecule has 1 aliphatic heterocycles. The molecule has 116 valence electrons. The van der Waals surface area contributed by atoms with Crippen molar-refractivity contribution in [1.82, 2.24) is 4.31 Å². The van der Waals surface area contributed by atoms with Crippen molar-refractivity contribution in [2.45, 2.75) is 19.8 Å². The summed E-state index contributed by atoms with van der Waals surface area (Å²) in [6.45, 7) is 3.04. The van der Waals surface area contributed by atoms with Crippen LogP contribution in [0.1, 0.15) is 30.1 Å². The van der Waals surface area contributed by atoms with Crippen molar-refractivity contribution in [3.8, 4) is 0 Å². The van der Waals surface area contributed by atoms with Crippen molar-refractivity contribution in [3.05, 3.63) is 28.8 Å². The SMILES string of the molecule is CC1CCN(S(=O)(=O)Nc2ccc(C(=O)O)cc2Cl)CC1. The van der Waals surface area contributed by atoms with Gasteiger partial charge in [0, 0.05) is 13.1 Å². The van der Waals surface area contributed by atoms with Crippen LogP contribution in [-0.2, 0) is 10.2 Å². The molecule has 8 heteroatoms. The third-order valence-corrected chi connectivity index (χ3v) is 5.37. The van der Waals surface area contributed by atoms with Gasteiger partial charge < -0.3 is 5.11 Å². The number of nitrogens with one attached hydrogen (secondary N) is 1. The predicted molar refractivity (Wildman–Crippen MR) is 80.9 cm³/mol. The molecule has 0 bridgehead atoms. The smallest absolute Gasteiger partial charge is 0.335 e. The lowest BCUT2D eigenvalue weighted by atomic mass is 10.0. The molecule has 2 N–H and O–H groups in total. The summed E-state index contributed by atoms with van der Waals surface area (Å²) < 4.78 is 28.3. The van der Waals surface area contributed by atoms with Crippen molar-refractivity contribution >= 4 is 33.5 Å². The largest absolute Gasteiger partial charge is 0.478 e. The van der Waals surface area contributed by atoms with Gasteiger partial charge in [0.1, 0.15) is 0 Å². The molecule has 1 saturated heterocycles. The van der Waals surface area contributed by atoms with Gasteiger partial charge in [0.15, 0.2) is 0 Å². The maximum atomic E-state index is 12.3. The minimum Gasteiger partial charge on any atom is -0.478 e. The zero-order valence-electron chi connectivity index (χ0n) is 11.5. The van der Waals surface area contributed by atoms with Crippen molar-refractivity contribution in [2.75, 3.05) is 17.8 Å². The Labute approximate surface area is 128 Å². The van der Waals surface area contributed by atoms with E-state index < -0.39 is 16.2 Å². The summed E-state index contributed by atoms with van der Waals surface area (Å²) in [5, 5.41) is 8.92. The van der Waals surface area contributed by atoms with E-state index in [0.29, 0.717) is 19.0 Å². The summed E-state index contributed by atoms with van der Waals surface area (Å²) in [6, 6.07) is 3.89. The molecule has 2 rings (SSSR count). The first kappa shape index (κ1) is 16.1. The van der Waals surface area contributed by atoms with Gasteiger partial charge in [-0.05, 0) is 37.0 Å². The van der Waals surface area contributed by atoms with E-state index in [1.54, 1.807) is 0 Å². The number of aromatic carboxylic acids is 1. The molecule has 1 heterocycles. The van der Waals surface area contributed by atoms with Crippen LogP contribution in [0.3, 0.4) is 0 Å². The second kappa shape index (κ2) is 6.21. The molecular formula is C13H17ClN2O4S. The molecule has 0 radical (unpaired) electrons. The Hall–Kier alpha value is -1.31. The fourth-order valence-corrected chi connectivity index (χ4v) is 3.72. The monoisotopic (exact) mass is 332 g/mol. The van der Waals surface area contributed by atoms with Crippen LogP contribution < -0.4 is 4.72 Å². The number of halogens is 1. The Morgan fingerprint density at radius 2 is 2.00 bits per heavy atom. The van der Waals surface area contributed by atoms with Gasteiger partial charge in [-0.1, -0.05) is 18.5 Å². The Morgan fingerprint density at radius 3 is 2.52 bits per heavy atom. The molecule has 0 aromatic heterocycles. The Bertz CT molecular complexity index is 640. The van der Waals surface area contributed by atoms with Gasteiger partial charge in [-0.3, -0.25) is 4.72 Å². The number of piperidine rings is 1. The van der Waals surface area contributed by atoms with Crippen LogP contribution in [0.25, 0.3) is 0 Å². The van der Waals surface area contributed by atoms with Gasteiger partial charge in [0.05, 0.1) is 16.3 Å². The number of carboxylic acid groups (broad SMARTS) is 1. The molecule has 0 spiro atoms. The summed E-state index contributed by atoms with van der Waals surface area (Å²) in [6.07, 6.45) is 1.65. The van der Waals surface area contributed by atoms with Crippen LogP contribution in [0.15, 0.2) is 18.2 Å². The van der Waals surface area contributed by atoms with E-state index in [-0.39, 0.29) is 16.3 Å². The Morgan fingerprint density at radius 1 is 1.38 bits per heavy atom. The van der Waals surface area contributed by atoms with Gasteiger partial charge in [-0.2, -0.15) is 12.7 Å². The van der Waals surface area contributed by atoms with Crippen LogP contribution in [0.4, 0.5) is 5.69 Å². The lowest BCUT2D eigenvalue weighted by Gasteiger charge is -2.29. The second-order valence-electron chi connectivity index (χ2n) is 5.19. The van der Waals surface area contributed by atoms with Crippen molar-refractivity contribution < 1.29 is 18.3 Å². The highest BCUT2D eigenvalue weighted by molar-refractivity contribution is 7.90. The quantitative estimate of drug-likeness (QED) is 0.886. The minimum absolute atomic E-state index is 0.00902. The predicted octanol–water partition coefficient (Wildman–Crippen LogP) is 2.43. The minimum atomic E-state index is -3.66. The lowest BCUT2D eigenvalue weighted by molar-refractivity contribution is 0.0697. The first-order valence-corrected chi connectivity index (χ1v) is 8.42. The van der Waals surface area contributed by atoms with Crippen molar-refractivity contribution in [2.24, 2.45) is 5.92 Å². The zero-order chi connectivity index (χ0) is 15.6. The van der Waals surface area contributed by atoms with Crippen LogP contribution in [-0.4, -0.2) is 36.9 Å². The van der Waals surface area contributed by atoms with Crippen LogP contribution in [0.2, 0.25) is 5.02 Å². The summed E-state index contributed by atoms with van der Waals surface area (Å²) in [5.74, 6) is -0.591. The number of carbonyl (C=O) groups is 1. The molecule has 6 nitrogen and oxygen atoms in total. The first-order chi connectivity index (χ1) is 9.79. The molecule has 0 saturated carbocycles. The number of benzene rings is 1. The van der Waals surface area contributed by atoms with E-state index in [0.717, 1.165) is 12.8 Å². The molecular weight excluding hydrogens is 316 g/mol. The molecule has 1 aromatic carbocycles. The van der Waals surface area contributed by atoms with E-state index in [1.165, 1.54) is 22.5 Å². The van der Waals surface area contributed by atoms with Crippen LogP contribution >= 0.6 is 11.6 Å². The molecule has 0 unspecified atom stereocenters. The van der Waals surface area contributed by atoms with Crippen molar-refractivity contribution in [3.63, 3.8) is 0 Å². The topological polar surface area (TPSA) is 86.7 Å². The fourth-order valence-electron chi connectivity index (χ4n) is 2.16. The molecule has 0 atom stereocenters. The normalized spacial score (nSPS) is 17.6. The summed E-state index contributed by atoms with van der Waals surface area (Å²) in [5.41, 5.74) is 0.190. The molecule has 1 aromatic rings. The highest BCUT2D eigenvalue weighted by Crippen LogP contribution is 2.26. The fraction of sp³-hybridized carbons (Fsp3) is 0.462. The Kier molecular flexibility index (Phi) is 4.75. The number of rotatable bonds is 4. The van der Waals surface area contributed by atoms with E-state index >= 15 is 0 Å². The molecule has 1 fully saturated rings. The summed E-state index contributed by atoms with van der Waals surface area (Å²) in [4.78, 5) is 10.8. The lowest BCUT2D eigenvalue weighted by Crippen LogP contribution is -2.41. The van der Waals surface area contributed by atoms with E-state index in [2.05, 4.69) is 11.6 Å². The average molecular weight is 333 g/mol. The number of nitrogens with zero attached hydrogens (tertiary/aromatic N) is 1. The average Bonchev–Trinajstić information content (AvgIpc) is 2.41. The first-order valence-electron chi connectivity index (χ1n) is 6.60. The maximum absolute atomic E-state index is 12.3. The second-order valence-corrected chi connectivity index (χ2v) is 7.27. The summed E-state index contributed by atoms with van der Waals surface area (Å²) >= 11 is 5.93. The molecule has 1 aliphatic rings. The molecule has 21 heavy (non-hydrogen) atoms. The van der Waals surface area contributed by atoms with Gasteiger partial charge in [0.25, 0.3) is 0 Å².